The van der Waals surface area contributed by atoms with Crippen LogP contribution in [-0.4, -0.2) is 18.9 Å². The second-order valence-corrected chi connectivity index (χ2v) is 9.92. The smallest absolute Gasteiger partial charge is 0.119 e. The highest BCUT2D eigenvalue weighted by Crippen LogP contribution is 2.50. The minimum Gasteiger partial charge on any atom is -0.497 e. The second-order valence-electron chi connectivity index (χ2n) is 7.70. The fourth-order valence-electron chi connectivity index (χ4n) is 4.02. The van der Waals surface area contributed by atoms with E-state index in [9.17, 15) is 0 Å². The van der Waals surface area contributed by atoms with E-state index in [1.54, 1.807) is 7.11 Å². The maximum Gasteiger partial charge on any atom is 0.119 e. The van der Waals surface area contributed by atoms with Gasteiger partial charge in [-0.2, -0.15) is 0 Å². The third-order valence-electron chi connectivity index (χ3n) is 5.62. The van der Waals surface area contributed by atoms with Crippen LogP contribution in [-0.2, 0) is 0 Å². The molecule has 2 nitrogen and oxygen atoms in total. The molecule has 1 unspecified atom stereocenters. The van der Waals surface area contributed by atoms with Crippen LogP contribution >= 0.6 is 7.92 Å². The van der Waals surface area contributed by atoms with Gasteiger partial charge < -0.3 is 4.74 Å². The van der Waals surface area contributed by atoms with Crippen LogP contribution in [0.2, 0.25) is 0 Å². The summed E-state index contributed by atoms with van der Waals surface area (Å²) in [5.74, 6) is 1.14. The summed E-state index contributed by atoms with van der Waals surface area (Å²) in [7, 11) is 1.10. The molecule has 0 bridgehead atoms. The quantitative estimate of drug-likeness (QED) is 0.331. The Labute approximate surface area is 186 Å². The topological polar surface area (TPSA) is 21.6 Å². The lowest BCUT2D eigenvalue weighted by atomic mass is 10.0. The maximum absolute atomic E-state index is 5.38. The molecule has 0 spiro atoms. The summed E-state index contributed by atoms with van der Waals surface area (Å²) in [6.45, 7) is 4.31. The molecule has 0 amide bonds. The number of nitrogens with zero attached hydrogens (tertiary/aromatic N) is 1. The Morgan fingerprint density at radius 2 is 1.55 bits per heavy atom. The number of aliphatic imine (C=N–C) groups is 1. The van der Waals surface area contributed by atoms with E-state index in [0.717, 1.165) is 17.0 Å². The number of rotatable bonds is 7. The van der Waals surface area contributed by atoms with Gasteiger partial charge in [-0.3, -0.25) is 4.99 Å². The van der Waals surface area contributed by atoms with Crippen molar-refractivity contribution in [2.75, 3.05) is 7.11 Å². The number of allylic oxidation sites excluding steroid dienone is 2. The van der Waals surface area contributed by atoms with E-state index in [0.29, 0.717) is 0 Å². The van der Waals surface area contributed by atoms with Gasteiger partial charge in [0.25, 0.3) is 0 Å². The van der Waals surface area contributed by atoms with Gasteiger partial charge in [-0.15, -0.1) is 0 Å². The normalized spacial score (nSPS) is 17.0. The van der Waals surface area contributed by atoms with Gasteiger partial charge in [0.2, 0.25) is 0 Å². The van der Waals surface area contributed by atoms with E-state index in [1.165, 1.54) is 15.9 Å². The summed E-state index contributed by atoms with van der Waals surface area (Å²) in [4.78, 5) is 5.10. The van der Waals surface area contributed by atoms with E-state index < -0.39 is 7.92 Å². The SMILES string of the molecule is COc1cccc(C(C)=N[C@H](C)C2C=CC=C2P(c2ccccc2)c2ccccc2)c1. The van der Waals surface area contributed by atoms with Gasteiger partial charge in [-0.1, -0.05) is 91.0 Å². The van der Waals surface area contributed by atoms with Crippen molar-refractivity contribution in [1.82, 2.24) is 0 Å². The molecule has 1 aliphatic carbocycles. The molecule has 2 atom stereocenters. The number of benzene rings is 3. The van der Waals surface area contributed by atoms with Gasteiger partial charge in [0.05, 0.1) is 13.2 Å². The molecule has 3 aromatic rings. The van der Waals surface area contributed by atoms with E-state index in [2.05, 4.69) is 98.8 Å². The highest BCUT2D eigenvalue weighted by Gasteiger charge is 2.29. The largest absolute Gasteiger partial charge is 0.497 e. The molecular formula is C28H28NOP. The van der Waals surface area contributed by atoms with Gasteiger partial charge in [-0.25, -0.2) is 0 Å². The van der Waals surface area contributed by atoms with Gasteiger partial charge in [0.15, 0.2) is 0 Å². The van der Waals surface area contributed by atoms with Crippen molar-refractivity contribution in [3.8, 4) is 5.75 Å². The highest BCUT2D eigenvalue weighted by molar-refractivity contribution is 7.76. The fraction of sp³-hybridized carbons (Fsp3) is 0.179. The van der Waals surface area contributed by atoms with E-state index in [4.69, 9.17) is 9.73 Å². The van der Waals surface area contributed by atoms with E-state index in [1.807, 2.05) is 18.2 Å². The molecule has 0 heterocycles. The first-order valence-corrected chi connectivity index (χ1v) is 12.0. The van der Waals surface area contributed by atoms with Crippen LogP contribution in [0.3, 0.4) is 0 Å². The Morgan fingerprint density at radius 1 is 0.903 bits per heavy atom. The van der Waals surface area contributed by atoms with Crippen LogP contribution in [0, 0.1) is 5.92 Å². The lowest BCUT2D eigenvalue weighted by Crippen LogP contribution is -2.21. The molecule has 0 aromatic heterocycles. The second kappa shape index (κ2) is 9.90. The molecule has 0 saturated heterocycles. The van der Waals surface area contributed by atoms with Gasteiger partial charge in [-0.05, 0) is 55.4 Å². The Morgan fingerprint density at radius 3 is 2.16 bits per heavy atom. The van der Waals surface area contributed by atoms with E-state index >= 15 is 0 Å². The van der Waals surface area contributed by atoms with Crippen LogP contribution in [0.15, 0.2) is 113 Å². The lowest BCUT2D eigenvalue weighted by molar-refractivity contribution is 0.414. The first-order chi connectivity index (χ1) is 15.2. The zero-order chi connectivity index (χ0) is 21.6. The van der Waals surface area contributed by atoms with Crippen molar-refractivity contribution in [2.45, 2.75) is 19.9 Å². The maximum atomic E-state index is 5.38. The first kappa shape index (κ1) is 21.3. The molecule has 0 aliphatic heterocycles. The van der Waals surface area contributed by atoms with Crippen LogP contribution in [0.4, 0.5) is 0 Å². The van der Waals surface area contributed by atoms with Crippen molar-refractivity contribution in [2.24, 2.45) is 10.9 Å². The number of hydrogen-bond donors (Lipinski definition) is 0. The number of hydrogen-bond acceptors (Lipinski definition) is 2. The summed E-state index contributed by atoms with van der Waals surface area (Å²) < 4.78 is 5.38. The number of methoxy groups -OCH3 is 1. The van der Waals surface area contributed by atoms with Crippen LogP contribution in [0.25, 0.3) is 0 Å². The van der Waals surface area contributed by atoms with Crippen molar-refractivity contribution in [3.05, 3.63) is 114 Å². The Balaban J connectivity index is 1.65. The molecule has 31 heavy (non-hydrogen) atoms. The van der Waals surface area contributed by atoms with Crippen molar-refractivity contribution >= 4 is 24.2 Å². The van der Waals surface area contributed by atoms with Crippen molar-refractivity contribution < 1.29 is 4.74 Å². The zero-order valence-electron chi connectivity index (χ0n) is 18.3. The number of ether oxygens (including phenoxy) is 1. The fourth-order valence-corrected chi connectivity index (χ4v) is 6.69. The molecule has 3 heteroatoms. The monoisotopic (exact) mass is 425 g/mol. The van der Waals surface area contributed by atoms with Crippen LogP contribution < -0.4 is 15.3 Å². The average Bonchev–Trinajstić information content (AvgIpc) is 3.30. The molecule has 0 saturated carbocycles. The molecule has 156 valence electrons. The summed E-state index contributed by atoms with van der Waals surface area (Å²) in [6, 6.07) is 30.0. The molecular weight excluding hydrogens is 397 g/mol. The first-order valence-electron chi connectivity index (χ1n) is 10.6. The van der Waals surface area contributed by atoms with E-state index in [-0.39, 0.29) is 12.0 Å². The molecule has 1 aliphatic rings. The third-order valence-corrected chi connectivity index (χ3v) is 8.21. The molecule has 0 radical (unpaired) electrons. The third kappa shape index (κ3) is 4.86. The standard InChI is InChI=1S/C28H28NOP/c1-21(23-12-10-13-24(20-23)30-3)29-22(2)27-18-11-19-28(27)31(25-14-6-4-7-15-25)26-16-8-5-9-17-26/h4-20,22,27H,1-3H3/t22-,27?/m1/s1. The highest BCUT2D eigenvalue weighted by atomic mass is 31.1. The van der Waals surface area contributed by atoms with Crippen LogP contribution in [0.1, 0.15) is 19.4 Å². The Kier molecular flexibility index (Phi) is 6.79. The van der Waals surface area contributed by atoms with Crippen molar-refractivity contribution in [1.29, 1.82) is 0 Å². The zero-order valence-corrected chi connectivity index (χ0v) is 19.2. The van der Waals surface area contributed by atoms with Gasteiger partial charge in [0, 0.05) is 11.6 Å². The molecule has 4 rings (SSSR count). The molecule has 3 aromatic carbocycles. The van der Waals surface area contributed by atoms with Crippen molar-refractivity contribution in [3.63, 3.8) is 0 Å². The van der Waals surface area contributed by atoms with Gasteiger partial charge >= 0.3 is 0 Å². The Bertz CT molecular complexity index is 1060. The summed E-state index contributed by atoms with van der Waals surface area (Å²) in [5, 5.41) is 4.22. The average molecular weight is 426 g/mol. The van der Waals surface area contributed by atoms with Crippen LogP contribution in [0.5, 0.6) is 5.75 Å². The minimum absolute atomic E-state index is 0.147. The minimum atomic E-state index is -0.601. The molecule has 0 fully saturated rings. The predicted octanol–water partition coefficient (Wildman–Crippen LogP) is 6.10. The predicted molar refractivity (Wildman–Crippen MR) is 134 cm³/mol. The Hall–Kier alpha value is -2.96. The molecule has 0 N–H and O–H groups in total. The summed E-state index contributed by atoms with van der Waals surface area (Å²) in [6.07, 6.45) is 6.82. The van der Waals surface area contributed by atoms with Gasteiger partial charge in [0.1, 0.15) is 5.75 Å². The summed E-state index contributed by atoms with van der Waals surface area (Å²) >= 11 is 0. The summed E-state index contributed by atoms with van der Waals surface area (Å²) in [5.41, 5.74) is 2.14. The lowest BCUT2D eigenvalue weighted by Gasteiger charge is -2.27.